The Morgan fingerprint density at radius 2 is 2.24 bits per heavy atom. The molecule has 1 amide bonds. The molecule has 3 heterocycles. The summed E-state index contributed by atoms with van der Waals surface area (Å²) >= 11 is 0. The molecule has 1 unspecified atom stereocenters. The van der Waals surface area contributed by atoms with Gasteiger partial charge in [0, 0.05) is 18.3 Å². The molecule has 0 aliphatic heterocycles. The normalized spacial score (nSPS) is 16.5. The summed E-state index contributed by atoms with van der Waals surface area (Å²) in [5, 5.41) is 7.47. The number of amides is 1. The molecule has 3 aromatic rings. The molecule has 0 radical (unpaired) electrons. The van der Waals surface area contributed by atoms with E-state index >= 15 is 0 Å². The van der Waals surface area contributed by atoms with E-state index in [9.17, 15) is 4.79 Å². The van der Waals surface area contributed by atoms with Crippen LogP contribution in [0, 0.1) is 6.92 Å². The SMILES string of the molecule is Cc1nc(-c2ccco2)ccc1C(=O)NC1CCCc2c1cnn2C. The van der Waals surface area contributed by atoms with E-state index in [1.54, 1.807) is 6.26 Å². The number of carbonyl (C=O) groups excluding carboxylic acids is 1. The molecule has 1 aliphatic rings. The summed E-state index contributed by atoms with van der Waals surface area (Å²) in [6.07, 6.45) is 6.47. The second-order valence-electron chi connectivity index (χ2n) is 6.40. The van der Waals surface area contributed by atoms with Crippen molar-refractivity contribution in [1.82, 2.24) is 20.1 Å². The molecular weight excluding hydrogens is 316 g/mol. The molecule has 1 atom stereocenters. The molecule has 0 saturated heterocycles. The molecule has 0 spiro atoms. The Hall–Kier alpha value is -2.89. The van der Waals surface area contributed by atoms with E-state index in [0.717, 1.165) is 30.5 Å². The van der Waals surface area contributed by atoms with Gasteiger partial charge < -0.3 is 9.73 Å². The third-order valence-corrected chi connectivity index (χ3v) is 4.79. The minimum absolute atomic E-state index is 0.00843. The van der Waals surface area contributed by atoms with Crippen molar-refractivity contribution in [2.75, 3.05) is 0 Å². The van der Waals surface area contributed by atoms with Gasteiger partial charge in [0.15, 0.2) is 5.76 Å². The number of fused-ring (bicyclic) bond motifs is 1. The van der Waals surface area contributed by atoms with Gasteiger partial charge in [0.25, 0.3) is 5.91 Å². The largest absolute Gasteiger partial charge is 0.463 e. The maximum absolute atomic E-state index is 12.7. The predicted octanol–water partition coefficient (Wildman–Crippen LogP) is 3.19. The summed E-state index contributed by atoms with van der Waals surface area (Å²) in [6.45, 7) is 1.84. The maximum Gasteiger partial charge on any atom is 0.253 e. The summed E-state index contributed by atoms with van der Waals surface area (Å²) < 4.78 is 7.27. The van der Waals surface area contributed by atoms with Crippen LogP contribution in [-0.2, 0) is 13.5 Å². The number of rotatable bonds is 3. The third kappa shape index (κ3) is 2.84. The lowest BCUT2D eigenvalue weighted by Gasteiger charge is -2.24. The first-order valence-corrected chi connectivity index (χ1v) is 8.46. The number of pyridine rings is 1. The van der Waals surface area contributed by atoms with Crippen LogP contribution < -0.4 is 5.32 Å². The fourth-order valence-corrected chi connectivity index (χ4v) is 3.45. The monoisotopic (exact) mass is 336 g/mol. The lowest BCUT2D eigenvalue weighted by atomic mass is 9.92. The van der Waals surface area contributed by atoms with Gasteiger partial charge in [0.1, 0.15) is 5.69 Å². The van der Waals surface area contributed by atoms with Gasteiger partial charge >= 0.3 is 0 Å². The smallest absolute Gasteiger partial charge is 0.253 e. The molecule has 0 aromatic carbocycles. The fraction of sp³-hybridized carbons (Fsp3) is 0.316. The van der Waals surface area contributed by atoms with E-state index in [2.05, 4.69) is 15.4 Å². The topological polar surface area (TPSA) is 73.0 Å². The molecule has 0 bridgehead atoms. The molecule has 1 N–H and O–H groups in total. The Balaban J connectivity index is 1.56. The molecule has 0 fully saturated rings. The van der Waals surface area contributed by atoms with E-state index in [0.29, 0.717) is 17.0 Å². The minimum Gasteiger partial charge on any atom is -0.463 e. The number of furan rings is 1. The first kappa shape index (κ1) is 15.6. The van der Waals surface area contributed by atoms with E-state index in [4.69, 9.17) is 4.42 Å². The van der Waals surface area contributed by atoms with Crippen molar-refractivity contribution in [3.05, 3.63) is 59.2 Å². The van der Waals surface area contributed by atoms with Crippen LogP contribution in [0.25, 0.3) is 11.5 Å². The maximum atomic E-state index is 12.7. The van der Waals surface area contributed by atoms with Gasteiger partial charge in [-0.3, -0.25) is 9.48 Å². The standard InChI is InChI=1S/C19H20N4O2/c1-12-13(8-9-16(21-12)18-7-4-10-25-18)19(24)22-15-5-3-6-17-14(15)11-20-23(17)2/h4,7-11,15H,3,5-6H2,1-2H3,(H,22,24). The number of aromatic nitrogens is 3. The van der Waals surface area contributed by atoms with Crippen LogP contribution in [0.1, 0.15) is 46.2 Å². The van der Waals surface area contributed by atoms with Gasteiger partial charge in [0.05, 0.1) is 29.8 Å². The number of hydrogen-bond donors (Lipinski definition) is 1. The highest BCUT2D eigenvalue weighted by Gasteiger charge is 2.25. The Bertz CT molecular complexity index is 912. The van der Waals surface area contributed by atoms with Gasteiger partial charge in [-0.1, -0.05) is 0 Å². The summed E-state index contributed by atoms with van der Waals surface area (Å²) in [6, 6.07) is 7.31. The highest BCUT2D eigenvalue weighted by Crippen LogP contribution is 2.29. The first-order chi connectivity index (χ1) is 12.1. The number of hydrogen-bond acceptors (Lipinski definition) is 4. The Labute approximate surface area is 145 Å². The number of aryl methyl sites for hydroxylation is 2. The van der Waals surface area contributed by atoms with Crippen LogP contribution in [0.5, 0.6) is 0 Å². The number of nitrogens with zero attached hydrogens (tertiary/aromatic N) is 3. The molecule has 3 aromatic heterocycles. The van der Waals surface area contributed by atoms with Crippen molar-refractivity contribution in [2.24, 2.45) is 7.05 Å². The van der Waals surface area contributed by atoms with E-state index in [1.807, 2.05) is 49.1 Å². The highest BCUT2D eigenvalue weighted by atomic mass is 16.3. The molecule has 25 heavy (non-hydrogen) atoms. The van der Waals surface area contributed by atoms with Crippen molar-refractivity contribution in [3.63, 3.8) is 0 Å². The number of carbonyl (C=O) groups is 1. The third-order valence-electron chi connectivity index (χ3n) is 4.79. The van der Waals surface area contributed by atoms with Crippen LogP contribution in [0.4, 0.5) is 0 Å². The zero-order chi connectivity index (χ0) is 17.4. The van der Waals surface area contributed by atoms with Crippen molar-refractivity contribution in [2.45, 2.75) is 32.2 Å². The lowest BCUT2D eigenvalue weighted by Crippen LogP contribution is -2.31. The van der Waals surface area contributed by atoms with Gasteiger partial charge in [0.2, 0.25) is 0 Å². The van der Waals surface area contributed by atoms with Crippen LogP contribution in [0.3, 0.4) is 0 Å². The van der Waals surface area contributed by atoms with E-state index in [-0.39, 0.29) is 11.9 Å². The van der Waals surface area contributed by atoms with Crippen LogP contribution in [-0.4, -0.2) is 20.7 Å². The predicted molar refractivity (Wildman–Crippen MR) is 93.0 cm³/mol. The second kappa shape index (κ2) is 6.20. The summed E-state index contributed by atoms with van der Waals surface area (Å²) in [7, 11) is 1.95. The molecule has 4 rings (SSSR count). The fourth-order valence-electron chi connectivity index (χ4n) is 3.45. The van der Waals surface area contributed by atoms with Crippen molar-refractivity contribution in [1.29, 1.82) is 0 Å². The second-order valence-corrected chi connectivity index (χ2v) is 6.40. The van der Waals surface area contributed by atoms with E-state index in [1.165, 1.54) is 5.69 Å². The van der Waals surface area contributed by atoms with Crippen molar-refractivity contribution in [3.8, 4) is 11.5 Å². The van der Waals surface area contributed by atoms with Gasteiger partial charge in [-0.15, -0.1) is 0 Å². The Morgan fingerprint density at radius 1 is 1.36 bits per heavy atom. The number of nitrogens with one attached hydrogen (secondary N) is 1. The molecule has 128 valence electrons. The lowest BCUT2D eigenvalue weighted by molar-refractivity contribution is 0.0931. The quantitative estimate of drug-likeness (QED) is 0.797. The van der Waals surface area contributed by atoms with Crippen molar-refractivity contribution < 1.29 is 9.21 Å². The minimum atomic E-state index is -0.0994. The summed E-state index contributed by atoms with van der Waals surface area (Å²) in [5.41, 5.74) is 4.34. The summed E-state index contributed by atoms with van der Waals surface area (Å²) in [5.74, 6) is 0.597. The zero-order valence-electron chi connectivity index (χ0n) is 14.3. The van der Waals surface area contributed by atoms with Gasteiger partial charge in [-0.25, -0.2) is 4.98 Å². The average Bonchev–Trinajstić information content (AvgIpc) is 3.26. The van der Waals surface area contributed by atoms with Crippen LogP contribution >= 0.6 is 0 Å². The van der Waals surface area contributed by atoms with Crippen LogP contribution in [0.15, 0.2) is 41.1 Å². The van der Waals surface area contributed by atoms with Gasteiger partial charge in [-0.2, -0.15) is 5.10 Å². The van der Waals surface area contributed by atoms with Crippen LogP contribution in [0.2, 0.25) is 0 Å². The molecule has 0 saturated carbocycles. The summed E-state index contributed by atoms with van der Waals surface area (Å²) in [4.78, 5) is 17.3. The molecule has 6 heteroatoms. The van der Waals surface area contributed by atoms with Crippen molar-refractivity contribution >= 4 is 5.91 Å². The van der Waals surface area contributed by atoms with E-state index < -0.39 is 0 Å². The molecule has 6 nitrogen and oxygen atoms in total. The first-order valence-electron chi connectivity index (χ1n) is 8.46. The Kier molecular flexibility index (Phi) is 3.87. The average molecular weight is 336 g/mol. The zero-order valence-corrected chi connectivity index (χ0v) is 14.3. The van der Waals surface area contributed by atoms with Gasteiger partial charge in [-0.05, 0) is 50.5 Å². The Morgan fingerprint density at radius 3 is 3.00 bits per heavy atom. The highest BCUT2D eigenvalue weighted by molar-refractivity contribution is 5.95. The molecular formula is C19H20N4O2. The molecule has 1 aliphatic carbocycles.